The minimum absolute atomic E-state index is 0.443. The van der Waals surface area contributed by atoms with Crippen LogP contribution in [0.1, 0.15) is 24.8 Å². The quantitative estimate of drug-likeness (QED) is 0.673. The highest BCUT2D eigenvalue weighted by Crippen LogP contribution is 2.24. The molecule has 0 amide bonds. The van der Waals surface area contributed by atoms with Gasteiger partial charge in [-0.1, -0.05) is 17.7 Å². The van der Waals surface area contributed by atoms with Crippen LogP contribution in [0.4, 0.5) is 0 Å². The highest BCUT2D eigenvalue weighted by molar-refractivity contribution is 6.31. The number of imidazole rings is 1. The van der Waals surface area contributed by atoms with E-state index in [1.54, 1.807) is 12.5 Å². The van der Waals surface area contributed by atoms with E-state index in [2.05, 4.69) is 15.3 Å². The number of nitrogens with one attached hydrogen (secondary N) is 1. The zero-order valence-corrected chi connectivity index (χ0v) is 12.4. The smallest absolute Gasteiger partial charge is 0.189 e. The van der Waals surface area contributed by atoms with Gasteiger partial charge in [0.05, 0.1) is 18.6 Å². The number of nitrogens with zero attached hydrogens (tertiary/aromatic N) is 3. The van der Waals surface area contributed by atoms with E-state index in [0.29, 0.717) is 23.6 Å². The highest BCUT2D eigenvalue weighted by atomic mass is 35.5. The first-order valence-electron chi connectivity index (χ1n) is 7.06. The lowest BCUT2D eigenvalue weighted by Crippen LogP contribution is -2.43. The van der Waals surface area contributed by atoms with Crippen LogP contribution in [-0.2, 0) is 6.54 Å². The van der Waals surface area contributed by atoms with Crippen LogP contribution in [0.3, 0.4) is 0 Å². The van der Waals surface area contributed by atoms with Crippen molar-refractivity contribution in [2.24, 2.45) is 10.7 Å². The summed E-state index contributed by atoms with van der Waals surface area (Å²) >= 11 is 6.31. The van der Waals surface area contributed by atoms with Gasteiger partial charge < -0.3 is 15.6 Å². The molecule has 0 unspecified atom stereocenters. The van der Waals surface area contributed by atoms with Gasteiger partial charge in [0.2, 0.25) is 0 Å². The summed E-state index contributed by atoms with van der Waals surface area (Å²) in [5, 5.41) is 3.91. The highest BCUT2D eigenvalue weighted by Gasteiger charge is 2.17. The molecular formula is C15H18ClN5. The van der Waals surface area contributed by atoms with Gasteiger partial charge in [0.25, 0.3) is 0 Å². The van der Waals surface area contributed by atoms with E-state index < -0.39 is 0 Å². The number of nitrogens with two attached hydrogens (primary N) is 1. The Bertz CT molecular complexity index is 632. The summed E-state index contributed by atoms with van der Waals surface area (Å²) in [5.74, 6) is 0.483. The van der Waals surface area contributed by atoms with Gasteiger partial charge in [-0.25, -0.2) is 9.98 Å². The van der Waals surface area contributed by atoms with Gasteiger partial charge in [0.15, 0.2) is 5.96 Å². The second-order valence-corrected chi connectivity index (χ2v) is 5.59. The number of hydrogen-bond donors (Lipinski definition) is 2. The molecule has 0 atom stereocenters. The summed E-state index contributed by atoms with van der Waals surface area (Å²) in [7, 11) is 0. The molecule has 1 aromatic heterocycles. The van der Waals surface area contributed by atoms with Crippen molar-refractivity contribution >= 4 is 17.6 Å². The maximum absolute atomic E-state index is 6.31. The fourth-order valence-corrected chi connectivity index (χ4v) is 2.55. The van der Waals surface area contributed by atoms with Crippen LogP contribution in [0.5, 0.6) is 0 Å². The van der Waals surface area contributed by atoms with Gasteiger partial charge in [-0.15, -0.1) is 0 Å². The van der Waals surface area contributed by atoms with Crippen molar-refractivity contribution in [1.29, 1.82) is 0 Å². The van der Waals surface area contributed by atoms with Crippen LogP contribution in [0.2, 0.25) is 5.02 Å². The Balaban J connectivity index is 1.79. The Morgan fingerprint density at radius 2 is 2.33 bits per heavy atom. The largest absolute Gasteiger partial charge is 0.370 e. The number of halogens is 1. The molecule has 1 aliphatic rings. The lowest BCUT2D eigenvalue weighted by Gasteiger charge is -2.26. The van der Waals surface area contributed by atoms with Crippen LogP contribution in [0.25, 0.3) is 5.69 Å². The topological polar surface area (TPSA) is 68.2 Å². The van der Waals surface area contributed by atoms with E-state index in [9.17, 15) is 0 Å². The van der Waals surface area contributed by atoms with Crippen molar-refractivity contribution in [2.45, 2.75) is 31.8 Å². The molecule has 1 fully saturated rings. The predicted octanol–water partition coefficient (Wildman–Crippen LogP) is 2.48. The van der Waals surface area contributed by atoms with Crippen molar-refractivity contribution in [1.82, 2.24) is 14.9 Å². The van der Waals surface area contributed by atoms with Crippen LogP contribution in [0, 0.1) is 0 Å². The van der Waals surface area contributed by atoms with Gasteiger partial charge in [0, 0.05) is 29.0 Å². The molecule has 21 heavy (non-hydrogen) atoms. The molecule has 0 saturated heterocycles. The molecule has 0 bridgehead atoms. The fourth-order valence-electron chi connectivity index (χ4n) is 2.32. The van der Waals surface area contributed by atoms with Crippen LogP contribution >= 0.6 is 11.6 Å². The molecule has 0 aliphatic heterocycles. The van der Waals surface area contributed by atoms with E-state index in [-0.39, 0.29) is 0 Å². The number of hydrogen-bond acceptors (Lipinski definition) is 2. The summed E-state index contributed by atoms with van der Waals surface area (Å²) in [6.45, 7) is 0.443. The van der Waals surface area contributed by atoms with Gasteiger partial charge in [-0.2, -0.15) is 0 Å². The normalized spacial score (nSPS) is 15.8. The molecule has 110 valence electrons. The number of benzene rings is 1. The standard InChI is InChI=1S/C15H18ClN5/c16-13-5-2-6-14(21-8-7-18-10-21)12(13)9-19-15(17)20-11-3-1-4-11/h2,5-8,10-11H,1,3-4,9H2,(H3,17,19,20). The zero-order valence-electron chi connectivity index (χ0n) is 11.7. The Morgan fingerprint density at radius 3 is 3.00 bits per heavy atom. The minimum atomic E-state index is 0.443. The van der Waals surface area contributed by atoms with Crippen LogP contribution in [-0.4, -0.2) is 21.6 Å². The first-order valence-corrected chi connectivity index (χ1v) is 7.44. The number of guanidine groups is 1. The molecule has 3 rings (SSSR count). The third-order valence-corrected chi connectivity index (χ3v) is 4.10. The van der Waals surface area contributed by atoms with Gasteiger partial charge in [0.1, 0.15) is 0 Å². The lowest BCUT2D eigenvalue weighted by molar-refractivity contribution is 0.382. The van der Waals surface area contributed by atoms with Gasteiger partial charge in [-0.3, -0.25) is 0 Å². The van der Waals surface area contributed by atoms with Crippen molar-refractivity contribution < 1.29 is 0 Å². The first kappa shape index (κ1) is 13.9. The Morgan fingerprint density at radius 1 is 1.48 bits per heavy atom. The molecule has 2 aromatic rings. The number of aliphatic imine (C=N–C) groups is 1. The molecule has 0 radical (unpaired) electrons. The molecule has 5 nitrogen and oxygen atoms in total. The summed E-state index contributed by atoms with van der Waals surface area (Å²) < 4.78 is 1.92. The van der Waals surface area contributed by atoms with Crippen molar-refractivity contribution in [3.8, 4) is 5.69 Å². The van der Waals surface area contributed by atoms with Crippen LogP contribution < -0.4 is 11.1 Å². The van der Waals surface area contributed by atoms with Gasteiger partial charge >= 0.3 is 0 Å². The third kappa shape index (κ3) is 3.19. The number of aromatic nitrogens is 2. The summed E-state index contributed by atoms with van der Waals surface area (Å²) in [4.78, 5) is 8.48. The van der Waals surface area contributed by atoms with E-state index in [0.717, 1.165) is 11.3 Å². The van der Waals surface area contributed by atoms with E-state index in [1.807, 2.05) is 29.0 Å². The molecule has 0 spiro atoms. The molecule has 1 heterocycles. The third-order valence-electron chi connectivity index (χ3n) is 3.74. The zero-order chi connectivity index (χ0) is 14.7. The second-order valence-electron chi connectivity index (χ2n) is 5.18. The minimum Gasteiger partial charge on any atom is -0.370 e. The predicted molar refractivity (Wildman–Crippen MR) is 84.7 cm³/mol. The maximum atomic E-state index is 6.31. The van der Waals surface area contributed by atoms with Crippen molar-refractivity contribution in [3.05, 3.63) is 47.5 Å². The van der Waals surface area contributed by atoms with E-state index in [4.69, 9.17) is 17.3 Å². The number of rotatable bonds is 4. The molecule has 1 saturated carbocycles. The average molecular weight is 304 g/mol. The summed E-state index contributed by atoms with van der Waals surface area (Å²) in [5.41, 5.74) is 7.84. The second kappa shape index (κ2) is 6.18. The lowest BCUT2D eigenvalue weighted by atomic mass is 9.93. The maximum Gasteiger partial charge on any atom is 0.189 e. The Hall–Kier alpha value is -2.01. The molecule has 1 aliphatic carbocycles. The SMILES string of the molecule is NC(=NCc1c(Cl)cccc1-n1ccnc1)NC1CCC1. The molecule has 3 N–H and O–H groups in total. The molecular weight excluding hydrogens is 286 g/mol. The molecule has 6 heteroatoms. The van der Waals surface area contributed by atoms with Crippen molar-refractivity contribution in [3.63, 3.8) is 0 Å². The Kier molecular flexibility index (Phi) is 4.10. The summed E-state index contributed by atoms with van der Waals surface area (Å²) in [6, 6.07) is 6.25. The van der Waals surface area contributed by atoms with E-state index >= 15 is 0 Å². The van der Waals surface area contributed by atoms with Gasteiger partial charge in [-0.05, 0) is 31.4 Å². The average Bonchev–Trinajstić information content (AvgIpc) is 2.95. The fraction of sp³-hybridized carbons (Fsp3) is 0.333. The first-order chi connectivity index (χ1) is 10.2. The monoisotopic (exact) mass is 303 g/mol. The van der Waals surface area contributed by atoms with E-state index in [1.165, 1.54) is 19.3 Å². The molecule has 1 aromatic carbocycles. The van der Waals surface area contributed by atoms with Crippen molar-refractivity contribution in [2.75, 3.05) is 0 Å². The Labute approximate surface area is 128 Å². The summed E-state index contributed by atoms with van der Waals surface area (Å²) in [6.07, 6.45) is 8.97. The van der Waals surface area contributed by atoms with Crippen LogP contribution in [0.15, 0.2) is 41.9 Å².